The van der Waals surface area contributed by atoms with Crippen LogP contribution in [0.2, 0.25) is 0 Å². The van der Waals surface area contributed by atoms with Crippen LogP contribution in [0.15, 0.2) is 24.3 Å². The maximum Gasteiger partial charge on any atom is 0.269 e. The molecule has 2 unspecified atom stereocenters. The summed E-state index contributed by atoms with van der Waals surface area (Å²) in [5.41, 5.74) is 1.24. The van der Waals surface area contributed by atoms with Gasteiger partial charge in [-0.3, -0.25) is 15.0 Å². The second-order valence-electron chi connectivity index (χ2n) is 4.85. The molecule has 0 aromatic heterocycles. The van der Waals surface area contributed by atoms with Crippen LogP contribution in [-0.4, -0.2) is 35.1 Å². The predicted octanol–water partition coefficient (Wildman–Crippen LogP) is 2.20. The summed E-state index contributed by atoms with van der Waals surface area (Å²) >= 11 is 0. The van der Waals surface area contributed by atoms with Crippen LogP contribution < -0.4 is 0 Å². The van der Waals surface area contributed by atoms with Crippen LogP contribution in [0.5, 0.6) is 0 Å². The molecule has 1 heterocycles. The van der Waals surface area contributed by atoms with Gasteiger partial charge in [0.15, 0.2) is 0 Å². The van der Waals surface area contributed by atoms with E-state index < -0.39 is 0 Å². The summed E-state index contributed by atoms with van der Waals surface area (Å²) in [5, 5.41) is 10.6. The SMILES string of the molecule is CC1CN(Cc2ccc([N+](=O)[O-])cc2)C(C)CO1. The van der Waals surface area contributed by atoms with Gasteiger partial charge in [-0.25, -0.2) is 0 Å². The summed E-state index contributed by atoms with van der Waals surface area (Å²) in [4.78, 5) is 12.5. The maximum atomic E-state index is 10.6. The predicted molar refractivity (Wildman–Crippen MR) is 68.4 cm³/mol. The number of non-ortho nitro benzene ring substituents is 1. The van der Waals surface area contributed by atoms with Crippen molar-refractivity contribution in [3.63, 3.8) is 0 Å². The van der Waals surface area contributed by atoms with E-state index in [1.54, 1.807) is 12.1 Å². The second-order valence-corrected chi connectivity index (χ2v) is 4.85. The molecule has 1 aromatic rings. The quantitative estimate of drug-likeness (QED) is 0.609. The zero-order chi connectivity index (χ0) is 13.1. The van der Waals surface area contributed by atoms with Crippen LogP contribution in [0.3, 0.4) is 0 Å². The Kier molecular flexibility index (Phi) is 3.93. The van der Waals surface area contributed by atoms with Crippen molar-refractivity contribution in [3.8, 4) is 0 Å². The summed E-state index contributed by atoms with van der Waals surface area (Å²) in [7, 11) is 0. The first-order chi connectivity index (χ1) is 8.56. The number of morpholine rings is 1. The third kappa shape index (κ3) is 3.05. The number of ether oxygens (including phenoxy) is 1. The van der Waals surface area contributed by atoms with Gasteiger partial charge in [0.2, 0.25) is 0 Å². The summed E-state index contributed by atoms with van der Waals surface area (Å²) in [6, 6.07) is 7.15. The molecule has 0 saturated carbocycles. The van der Waals surface area contributed by atoms with E-state index in [-0.39, 0.29) is 16.7 Å². The van der Waals surface area contributed by atoms with E-state index in [0.29, 0.717) is 6.04 Å². The maximum absolute atomic E-state index is 10.6. The van der Waals surface area contributed by atoms with E-state index in [1.165, 1.54) is 0 Å². The van der Waals surface area contributed by atoms with Gasteiger partial charge in [0, 0.05) is 31.3 Å². The van der Waals surface area contributed by atoms with Gasteiger partial charge in [-0.1, -0.05) is 12.1 Å². The lowest BCUT2D eigenvalue weighted by molar-refractivity contribution is -0.384. The van der Waals surface area contributed by atoms with Gasteiger partial charge in [0.05, 0.1) is 17.6 Å². The Labute approximate surface area is 107 Å². The van der Waals surface area contributed by atoms with Gasteiger partial charge in [-0.15, -0.1) is 0 Å². The Bertz CT molecular complexity index is 419. The molecule has 0 radical (unpaired) electrons. The molecule has 5 heteroatoms. The minimum atomic E-state index is -0.372. The molecular formula is C13H18N2O3. The van der Waals surface area contributed by atoms with Gasteiger partial charge in [-0.05, 0) is 19.4 Å². The lowest BCUT2D eigenvalue weighted by Crippen LogP contribution is -2.46. The Morgan fingerprint density at radius 1 is 1.39 bits per heavy atom. The van der Waals surface area contributed by atoms with Gasteiger partial charge in [0.1, 0.15) is 0 Å². The highest BCUT2D eigenvalue weighted by atomic mass is 16.6. The van der Waals surface area contributed by atoms with Crippen molar-refractivity contribution >= 4 is 5.69 Å². The summed E-state index contributed by atoms with van der Waals surface area (Å²) in [6.07, 6.45) is 0.249. The third-order valence-electron chi connectivity index (χ3n) is 3.27. The van der Waals surface area contributed by atoms with Crippen molar-refractivity contribution in [2.75, 3.05) is 13.2 Å². The zero-order valence-electron chi connectivity index (χ0n) is 10.7. The molecule has 0 aliphatic carbocycles. The Balaban J connectivity index is 2.02. The normalized spacial score (nSPS) is 25.0. The third-order valence-corrected chi connectivity index (χ3v) is 3.27. The van der Waals surface area contributed by atoms with Crippen LogP contribution in [0.25, 0.3) is 0 Å². The van der Waals surface area contributed by atoms with E-state index in [0.717, 1.165) is 25.3 Å². The fraction of sp³-hybridized carbons (Fsp3) is 0.538. The minimum Gasteiger partial charge on any atom is -0.376 e. The van der Waals surface area contributed by atoms with Crippen LogP contribution in [0, 0.1) is 10.1 Å². The molecule has 0 amide bonds. The molecular weight excluding hydrogens is 232 g/mol. The standard InChI is InChI=1S/C13H18N2O3/c1-10-9-18-11(2)7-14(10)8-12-3-5-13(6-4-12)15(16)17/h3-6,10-11H,7-9H2,1-2H3. The van der Waals surface area contributed by atoms with Crippen LogP contribution in [0.1, 0.15) is 19.4 Å². The van der Waals surface area contributed by atoms with Crippen molar-refractivity contribution in [3.05, 3.63) is 39.9 Å². The summed E-state index contributed by atoms with van der Waals surface area (Å²) in [6.45, 7) is 6.66. The van der Waals surface area contributed by atoms with Gasteiger partial charge < -0.3 is 4.74 Å². The van der Waals surface area contributed by atoms with Crippen LogP contribution in [-0.2, 0) is 11.3 Å². The van der Waals surface area contributed by atoms with Crippen molar-refractivity contribution in [1.82, 2.24) is 4.90 Å². The Hall–Kier alpha value is -1.46. The monoisotopic (exact) mass is 250 g/mol. The molecule has 1 aliphatic heterocycles. The fourth-order valence-electron chi connectivity index (χ4n) is 2.15. The average molecular weight is 250 g/mol. The summed E-state index contributed by atoms with van der Waals surface area (Å²) < 4.78 is 5.58. The molecule has 2 rings (SSSR count). The first-order valence-corrected chi connectivity index (χ1v) is 6.15. The Morgan fingerprint density at radius 2 is 2.06 bits per heavy atom. The fourth-order valence-corrected chi connectivity index (χ4v) is 2.15. The van der Waals surface area contributed by atoms with E-state index in [1.807, 2.05) is 12.1 Å². The zero-order valence-corrected chi connectivity index (χ0v) is 10.7. The van der Waals surface area contributed by atoms with Gasteiger partial charge in [-0.2, -0.15) is 0 Å². The topological polar surface area (TPSA) is 55.6 Å². The largest absolute Gasteiger partial charge is 0.376 e. The average Bonchev–Trinajstić information content (AvgIpc) is 2.34. The molecule has 18 heavy (non-hydrogen) atoms. The highest BCUT2D eigenvalue weighted by Gasteiger charge is 2.23. The molecule has 1 aliphatic rings. The highest BCUT2D eigenvalue weighted by molar-refractivity contribution is 5.32. The minimum absolute atomic E-state index is 0.141. The van der Waals surface area contributed by atoms with Crippen molar-refractivity contribution < 1.29 is 9.66 Å². The van der Waals surface area contributed by atoms with Crippen molar-refractivity contribution in [1.29, 1.82) is 0 Å². The Morgan fingerprint density at radius 3 is 2.67 bits per heavy atom. The van der Waals surface area contributed by atoms with E-state index in [2.05, 4.69) is 18.7 Å². The van der Waals surface area contributed by atoms with Gasteiger partial charge in [0.25, 0.3) is 5.69 Å². The molecule has 98 valence electrons. The lowest BCUT2D eigenvalue weighted by Gasteiger charge is -2.36. The van der Waals surface area contributed by atoms with E-state index >= 15 is 0 Å². The molecule has 1 aromatic carbocycles. The van der Waals surface area contributed by atoms with Crippen molar-refractivity contribution in [2.24, 2.45) is 0 Å². The lowest BCUT2D eigenvalue weighted by atomic mass is 10.1. The molecule has 0 spiro atoms. The van der Waals surface area contributed by atoms with E-state index in [4.69, 9.17) is 4.74 Å². The number of rotatable bonds is 3. The molecule has 1 fully saturated rings. The molecule has 2 atom stereocenters. The number of nitro benzene ring substituents is 1. The number of nitrogens with zero attached hydrogens (tertiary/aromatic N) is 2. The number of benzene rings is 1. The van der Waals surface area contributed by atoms with E-state index in [9.17, 15) is 10.1 Å². The first kappa shape index (κ1) is 13.0. The molecule has 5 nitrogen and oxygen atoms in total. The van der Waals surface area contributed by atoms with Crippen molar-refractivity contribution in [2.45, 2.75) is 32.5 Å². The summed E-state index contributed by atoms with van der Waals surface area (Å²) in [5.74, 6) is 0. The number of hydrogen-bond acceptors (Lipinski definition) is 4. The highest BCUT2D eigenvalue weighted by Crippen LogP contribution is 2.17. The second kappa shape index (κ2) is 5.46. The molecule has 1 saturated heterocycles. The molecule has 0 bridgehead atoms. The number of hydrogen-bond donors (Lipinski definition) is 0. The van der Waals surface area contributed by atoms with Crippen LogP contribution >= 0.6 is 0 Å². The smallest absolute Gasteiger partial charge is 0.269 e. The number of nitro groups is 1. The van der Waals surface area contributed by atoms with Gasteiger partial charge >= 0.3 is 0 Å². The van der Waals surface area contributed by atoms with Crippen LogP contribution in [0.4, 0.5) is 5.69 Å². The molecule has 0 N–H and O–H groups in total. The first-order valence-electron chi connectivity index (χ1n) is 6.15.